The van der Waals surface area contributed by atoms with Gasteiger partial charge in [0, 0.05) is 43.7 Å². The number of para-hydroxylation sites is 4. The molecule has 0 bridgehead atoms. The fourth-order valence-electron chi connectivity index (χ4n) is 14.6. The molecular weight excluding hydrogens is 1090 g/mol. The van der Waals surface area contributed by atoms with E-state index in [2.05, 4.69) is 247 Å². The summed E-state index contributed by atoms with van der Waals surface area (Å²) in [7, 11) is 0. The van der Waals surface area contributed by atoms with Gasteiger partial charge in [0.1, 0.15) is 11.2 Å². The SMILES string of the molecule is C=C/C=C\C.CC.CC.c1ccc(-c2ccc(N(c3ccc4ccc5c(N(c6ccc(-c7ccccc7)cc6)c6cccc7c6oc6c(C8CCCCC8)cccc67)ccc6ccc3c4c65)c3cccc4c3oc3c(C5CCCCCC5)cccc34)cc2)cc1. The van der Waals surface area contributed by atoms with Crippen molar-refractivity contribution < 1.29 is 8.83 Å². The third-order valence-corrected chi connectivity index (χ3v) is 18.8. The fourth-order valence-corrected chi connectivity index (χ4v) is 14.6. The van der Waals surface area contributed by atoms with E-state index in [4.69, 9.17) is 8.83 Å². The van der Waals surface area contributed by atoms with Crippen molar-refractivity contribution in [3.63, 3.8) is 0 Å². The zero-order chi connectivity index (χ0) is 61.5. The number of benzene rings is 12. The van der Waals surface area contributed by atoms with Crippen molar-refractivity contribution in [1.82, 2.24) is 0 Å². The minimum atomic E-state index is 0.500. The molecule has 0 saturated heterocycles. The van der Waals surface area contributed by atoms with Crippen LogP contribution in [-0.4, -0.2) is 0 Å². The number of allylic oxidation sites excluding steroid dienone is 3. The molecule has 0 spiro atoms. The van der Waals surface area contributed by atoms with Crippen molar-refractivity contribution in [1.29, 1.82) is 0 Å². The predicted octanol–water partition coefficient (Wildman–Crippen LogP) is 26.9. The molecule has 90 heavy (non-hydrogen) atoms. The smallest absolute Gasteiger partial charge is 0.159 e. The first kappa shape index (κ1) is 59.3. The van der Waals surface area contributed by atoms with Crippen LogP contribution in [0.5, 0.6) is 0 Å². The number of hydrogen-bond acceptors (Lipinski definition) is 4. The van der Waals surface area contributed by atoms with Crippen molar-refractivity contribution in [2.75, 3.05) is 9.80 Å². The quantitative estimate of drug-likeness (QED) is 0.0734. The number of fused-ring (bicyclic) bond motifs is 6. The van der Waals surface area contributed by atoms with Crippen LogP contribution in [0.15, 0.2) is 264 Å². The zero-order valence-corrected chi connectivity index (χ0v) is 53.0. The van der Waals surface area contributed by atoms with E-state index in [1.165, 1.54) is 147 Å². The van der Waals surface area contributed by atoms with Crippen LogP contribution in [0.25, 0.3) is 98.4 Å². The minimum Gasteiger partial charge on any atom is -0.454 e. The summed E-state index contributed by atoms with van der Waals surface area (Å²) in [5, 5.41) is 11.9. The van der Waals surface area contributed by atoms with Gasteiger partial charge < -0.3 is 18.6 Å². The maximum absolute atomic E-state index is 7.34. The summed E-state index contributed by atoms with van der Waals surface area (Å²) in [6.07, 6.45) is 19.5. The maximum atomic E-state index is 7.34. The standard InChI is InChI=1S/C77H62N2O2.C5H8.2C2H6/c1-2-7-23-54(22-6-1)60-26-14-28-62-64-30-16-32-70(76(64)80-74(60)62)78(58-42-34-52(35-43-58)50-18-8-3-9-19-50)68-48-40-56-39-47-67-69(49-41-57-38-46-66(68)72(56)73(57)67)79(59-44-36-53(37-45-59)51-20-10-4-11-21-51)71-33-17-31-65-63-29-15-27-61(75(63)81-77(65)71)55-24-12-5-13-25-55;1-3-5-4-2;2*1-2/h3-4,8-11,14-21,26-49,54-55H,1-2,5-7,12-13,22-25H2;3-5H,1H2,2H3;2*1-2H3/b;5-4-;;. The van der Waals surface area contributed by atoms with Gasteiger partial charge in [-0.15, -0.1) is 0 Å². The second-order valence-corrected chi connectivity index (χ2v) is 23.8. The Hall–Kier alpha value is -9.64. The fraction of sp³-hybridized carbons (Fsp3) is 0.209. The number of anilines is 6. The first-order valence-electron chi connectivity index (χ1n) is 33.4. The Bertz CT molecular complexity index is 4770. The predicted molar refractivity (Wildman–Crippen MR) is 389 cm³/mol. The molecule has 0 aliphatic heterocycles. The van der Waals surface area contributed by atoms with E-state index in [1.807, 2.05) is 46.8 Å². The van der Waals surface area contributed by atoms with Crippen molar-refractivity contribution >= 4 is 110 Å². The second-order valence-electron chi connectivity index (χ2n) is 23.8. The van der Waals surface area contributed by atoms with Crippen LogP contribution in [0.3, 0.4) is 0 Å². The summed E-state index contributed by atoms with van der Waals surface area (Å²) in [4.78, 5) is 4.92. The van der Waals surface area contributed by atoms with E-state index in [0.29, 0.717) is 11.8 Å². The highest BCUT2D eigenvalue weighted by atomic mass is 16.3. The van der Waals surface area contributed by atoms with Crippen molar-refractivity contribution in [3.05, 3.63) is 266 Å². The largest absolute Gasteiger partial charge is 0.454 e. The van der Waals surface area contributed by atoms with Crippen LogP contribution in [0.2, 0.25) is 0 Å². The monoisotopic (exact) mass is 1170 g/mol. The molecule has 0 N–H and O–H groups in total. The van der Waals surface area contributed by atoms with Gasteiger partial charge in [0.05, 0.1) is 22.7 Å². The molecule has 2 fully saturated rings. The Morgan fingerprint density at radius 1 is 0.333 bits per heavy atom. The lowest BCUT2D eigenvalue weighted by molar-refractivity contribution is 0.442. The lowest BCUT2D eigenvalue weighted by Crippen LogP contribution is -2.12. The summed E-state index contributed by atoms with van der Waals surface area (Å²) < 4.78 is 14.6. The molecule has 4 heteroatoms. The summed E-state index contributed by atoms with van der Waals surface area (Å²) in [6.45, 7) is 13.4. The molecule has 2 aromatic heterocycles. The number of hydrogen-bond donors (Lipinski definition) is 0. The number of rotatable bonds is 11. The summed E-state index contributed by atoms with van der Waals surface area (Å²) in [6, 6.07) is 85.4. The molecule has 448 valence electrons. The van der Waals surface area contributed by atoms with Gasteiger partial charge in [-0.3, -0.25) is 0 Å². The molecule has 12 aromatic carbocycles. The van der Waals surface area contributed by atoms with Gasteiger partial charge in [-0.25, -0.2) is 0 Å². The van der Waals surface area contributed by atoms with Crippen LogP contribution in [-0.2, 0) is 0 Å². The molecule has 0 atom stereocenters. The van der Waals surface area contributed by atoms with E-state index >= 15 is 0 Å². The van der Waals surface area contributed by atoms with Crippen LogP contribution in [0.1, 0.15) is 128 Å². The number of furan rings is 2. The molecule has 4 nitrogen and oxygen atoms in total. The lowest BCUT2D eigenvalue weighted by atomic mass is 9.83. The summed E-state index contributed by atoms with van der Waals surface area (Å²) in [5.41, 5.74) is 17.7. The third-order valence-electron chi connectivity index (χ3n) is 18.8. The molecule has 0 radical (unpaired) electrons. The van der Waals surface area contributed by atoms with Gasteiger partial charge in [-0.2, -0.15) is 0 Å². The van der Waals surface area contributed by atoms with Crippen molar-refractivity contribution in [2.24, 2.45) is 0 Å². The maximum Gasteiger partial charge on any atom is 0.159 e. The molecule has 0 amide bonds. The Morgan fingerprint density at radius 3 is 1.07 bits per heavy atom. The molecule has 2 aliphatic carbocycles. The highest BCUT2D eigenvalue weighted by molar-refractivity contribution is 6.29. The molecule has 0 unspecified atom stereocenters. The van der Waals surface area contributed by atoms with Gasteiger partial charge >= 0.3 is 0 Å². The van der Waals surface area contributed by atoms with Crippen LogP contribution in [0, 0.1) is 0 Å². The molecule has 2 saturated carbocycles. The average molecular weight is 1180 g/mol. The zero-order valence-electron chi connectivity index (χ0n) is 53.0. The van der Waals surface area contributed by atoms with Gasteiger partial charge in [-0.05, 0) is 148 Å². The molecule has 14 aromatic rings. The van der Waals surface area contributed by atoms with Crippen LogP contribution in [0.4, 0.5) is 34.1 Å². The normalized spacial score (nSPS) is 13.9. The highest BCUT2D eigenvalue weighted by Gasteiger charge is 2.28. The Morgan fingerprint density at radius 2 is 0.689 bits per heavy atom. The topological polar surface area (TPSA) is 32.8 Å². The van der Waals surface area contributed by atoms with Crippen LogP contribution >= 0.6 is 0 Å². The third kappa shape index (κ3) is 11.1. The molecular formula is C86H82N2O2. The number of nitrogens with zero attached hydrogens (tertiary/aromatic N) is 2. The molecule has 16 rings (SSSR count). The highest BCUT2D eigenvalue weighted by Crippen LogP contribution is 2.52. The Balaban J connectivity index is 0.000000782. The van der Waals surface area contributed by atoms with Gasteiger partial charge in [-0.1, -0.05) is 279 Å². The van der Waals surface area contributed by atoms with E-state index in [9.17, 15) is 0 Å². The van der Waals surface area contributed by atoms with Gasteiger partial charge in [0.15, 0.2) is 11.2 Å². The molecule has 2 aliphatic rings. The van der Waals surface area contributed by atoms with E-state index in [1.54, 1.807) is 6.08 Å². The van der Waals surface area contributed by atoms with E-state index in [0.717, 1.165) is 67.2 Å². The summed E-state index contributed by atoms with van der Waals surface area (Å²) >= 11 is 0. The van der Waals surface area contributed by atoms with Gasteiger partial charge in [0.25, 0.3) is 0 Å². The average Bonchev–Trinajstić information content (AvgIpc) is 0.905. The first-order chi connectivity index (χ1) is 44.6. The summed E-state index contributed by atoms with van der Waals surface area (Å²) in [5.74, 6) is 1.01. The first-order valence-corrected chi connectivity index (χ1v) is 33.4. The van der Waals surface area contributed by atoms with Gasteiger partial charge in [0.2, 0.25) is 0 Å². The van der Waals surface area contributed by atoms with E-state index in [-0.39, 0.29) is 0 Å². The Labute approximate surface area is 531 Å². The minimum absolute atomic E-state index is 0.500. The van der Waals surface area contributed by atoms with E-state index < -0.39 is 0 Å². The van der Waals surface area contributed by atoms with Crippen LogP contribution < -0.4 is 9.80 Å². The van der Waals surface area contributed by atoms with Crippen molar-refractivity contribution in [3.8, 4) is 22.3 Å². The lowest BCUT2D eigenvalue weighted by Gasteiger charge is -2.29. The second kappa shape index (κ2) is 27.0. The van der Waals surface area contributed by atoms with Crippen molar-refractivity contribution in [2.45, 2.75) is 117 Å². The molecule has 2 heterocycles. The Kier molecular flexibility index (Phi) is 17.8.